The van der Waals surface area contributed by atoms with E-state index in [1.54, 1.807) is 19.4 Å². The molecule has 0 saturated heterocycles. The monoisotopic (exact) mass is 291 g/mol. The fourth-order valence-corrected chi connectivity index (χ4v) is 2.94. The van der Waals surface area contributed by atoms with E-state index in [4.69, 9.17) is 10.5 Å². The summed E-state index contributed by atoms with van der Waals surface area (Å²) in [5, 5.41) is 3.03. The molecule has 116 valence electrons. The van der Waals surface area contributed by atoms with Crippen molar-refractivity contribution < 1.29 is 9.53 Å². The minimum absolute atomic E-state index is 0.0859. The first-order chi connectivity index (χ1) is 10.2. The van der Waals surface area contributed by atoms with Crippen molar-refractivity contribution >= 4 is 5.91 Å². The fraction of sp³-hybridized carbons (Fsp3) is 0.625. The van der Waals surface area contributed by atoms with Gasteiger partial charge in [-0.1, -0.05) is 31.7 Å². The van der Waals surface area contributed by atoms with Crippen LogP contribution in [0.15, 0.2) is 18.3 Å². The molecule has 0 unspecified atom stereocenters. The Morgan fingerprint density at radius 3 is 2.57 bits per heavy atom. The van der Waals surface area contributed by atoms with Crippen molar-refractivity contribution in [2.45, 2.75) is 45.1 Å². The molecule has 1 fully saturated rings. The normalized spacial score (nSPS) is 17.8. The number of amides is 1. The molecule has 2 rings (SSSR count). The highest BCUT2D eigenvalue weighted by atomic mass is 16.5. The molecule has 1 aliphatic rings. The highest BCUT2D eigenvalue weighted by molar-refractivity contribution is 5.82. The molecule has 1 aromatic heterocycles. The second kappa shape index (κ2) is 7.41. The van der Waals surface area contributed by atoms with Gasteiger partial charge < -0.3 is 15.8 Å². The average molecular weight is 291 g/mol. The summed E-state index contributed by atoms with van der Waals surface area (Å²) in [6.45, 7) is 0.914. The van der Waals surface area contributed by atoms with E-state index >= 15 is 0 Å². The van der Waals surface area contributed by atoms with Gasteiger partial charge in [0, 0.05) is 25.4 Å². The Kier molecular flexibility index (Phi) is 5.56. The van der Waals surface area contributed by atoms with E-state index in [0.717, 1.165) is 31.2 Å². The third kappa shape index (κ3) is 3.94. The van der Waals surface area contributed by atoms with E-state index in [1.807, 2.05) is 6.07 Å². The van der Waals surface area contributed by atoms with Gasteiger partial charge in [-0.2, -0.15) is 0 Å². The first-order valence-electron chi connectivity index (χ1n) is 7.67. The number of methoxy groups -OCH3 is 1. The van der Waals surface area contributed by atoms with E-state index in [1.165, 1.54) is 12.8 Å². The van der Waals surface area contributed by atoms with Gasteiger partial charge in [0.1, 0.15) is 0 Å². The number of rotatable bonds is 5. The van der Waals surface area contributed by atoms with Crippen LogP contribution in [0.25, 0.3) is 0 Å². The lowest BCUT2D eigenvalue weighted by Gasteiger charge is -2.29. The van der Waals surface area contributed by atoms with Gasteiger partial charge in [0.05, 0.1) is 12.5 Å². The molecule has 0 atom stereocenters. The molecule has 1 heterocycles. The number of carbonyl (C=O) groups is 1. The number of ether oxygens (including phenoxy) is 1. The maximum Gasteiger partial charge on any atom is 0.227 e. The summed E-state index contributed by atoms with van der Waals surface area (Å²) < 4.78 is 5.02. The van der Waals surface area contributed by atoms with E-state index in [9.17, 15) is 4.79 Å². The van der Waals surface area contributed by atoms with Crippen LogP contribution >= 0.6 is 0 Å². The minimum atomic E-state index is -0.379. The third-order valence-corrected chi connectivity index (χ3v) is 4.39. The third-order valence-electron chi connectivity index (χ3n) is 4.39. The lowest BCUT2D eigenvalue weighted by molar-refractivity contribution is -0.131. The quantitative estimate of drug-likeness (QED) is 0.814. The SMILES string of the molecule is COc1ccc(CNC(=O)C2(CN)CCCCCC2)cn1. The minimum Gasteiger partial charge on any atom is -0.481 e. The lowest BCUT2D eigenvalue weighted by atomic mass is 9.79. The summed E-state index contributed by atoms with van der Waals surface area (Å²) in [7, 11) is 1.58. The van der Waals surface area contributed by atoms with E-state index < -0.39 is 0 Å². The number of hydrogen-bond acceptors (Lipinski definition) is 4. The van der Waals surface area contributed by atoms with Crippen molar-refractivity contribution in [2.24, 2.45) is 11.1 Å². The average Bonchev–Trinajstić information content (AvgIpc) is 2.79. The number of nitrogens with zero attached hydrogens (tertiary/aromatic N) is 1. The number of aromatic nitrogens is 1. The smallest absolute Gasteiger partial charge is 0.227 e. The number of carbonyl (C=O) groups excluding carboxylic acids is 1. The lowest BCUT2D eigenvalue weighted by Crippen LogP contribution is -2.45. The largest absolute Gasteiger partial charge is 0.481 e. The van der Waals surface area contributed by atoms with Crippen molar-refractivity contribution in [2.75, 3.05) is 13.7 Å². The number of nitrogens with two attached hydrogens (primary N) is 1. The van der Waals surface area contributed by atoms with E-state index in [2.05, 4.69) is 10.3 Å². The van der Waals surface area contributed by atoms with E-state index in [0.29, 0.717) is 19.0 Å². The van der Waals surface area contributed by atoms with Gasteiger partial charge in [-0.15, -0.1) is 0 Å². The molecular formula is C16H25N3O2. The van der Waals surface area contributed by atoms with Crippen molar-refractivity contribution in [3.05, 3.63) is 23.9 Å². The summed E-state index contributed by atoms with van der Waals surface area (Å²) in [6.07, 6.45) is 8.12. The second-order valence-corrected chi connectivity index (χ2v) is 5.79. The zero-order chi connectivity index (χ0) is 15.1. The fourth-order valence-electron chi connectivity index (χ4n) is 2.94. The standard InChI is InChI=1S/C16H25N3O2/c1-21-14-7-6-13(10-18-14)11-19-15(20)16(12-17)8-4-2-3-5-9-16/h6-7,10H,2-5,8-9,11-12,17H2,1H3,(H,19,20). The Hall–Kier alpha value is -1.62. The van der Waals surface area contributed by atoms with Crippen molar-refractivity contribution in [1.82, 2.24) is 10.3 Å². The van der Waals surface area contributed by atoms with Gasteiger partial charge in [-0.3, -0.25) is 4.79 Å². The molecule has 5 nitrogen and oxygen atoms in total. The Labute approximate surface area is 126 Å². The number of nitrogens with one attached hydrogen (secondary N) is 1. The van der Waals surface area contributed by atoms with Crippen LogP contribution in [0.1, 0.15) is 44.1 Å². The van der Waals surface area contributed by atoms with Crippen LogP contribution in [0.5, 0.6) is 5.88 Å². The zero-order valence-corrected chi connectivity index (χ0v) is 12.7. The second-order valence-electron chi connectivity index (χ2n) is 5.79. The topological polar surface area (TPSA) is 77.2 Å². The highest BCUT2D eigenvalue weighted by Crippen LogP contribution is 2.34. The van der Waals surface area contributed by atoms with Crippen molar-refractivity contribution in [3.8, 4) is 5.88 Å². The van der Waals surface area contributed by atoms with Crippen LogP contribution in [0.4, 0.5) is 0 Å². The van der Waals surface area contributed by atoms with Gasteiger partial charge in [-0.25, -0.2) is 4.98 Å². The maximum absolute atomic E-state index is 12.6. The summed E-state index contributed by atoms with van der Waals surface area (Å²) in [5.41, 5.74) is 6.51. The Morgan fingerprint density at radius 2 is 2.05 bits per heavy atom. The molecule has 1 amide bonds. The predicted molar refractivity (Wildman–Crippen MR) is 81.8 cm³/mol. The van der Waals surface area contributed by atoms with Crippen LogP contribution in [-0.4, -0.2) is 24.5 Å². The molecule has 0 bridgehead atoms. The van der Waals surface area contributed by atoms with Crippen LogP contribution in [0, 0.1) is 5.41 Å². The summed E-state index contributed by atoms with van der Waals surface area (Å²) in [6, 6.07) is 3.71. The molecule has 1 aliphatic carbocycles. The van der Waals surface area contributed by atoms with Gasteiger partial charge in [0.2, 0.25) is 11.8 Å². The zero-order valence-electron chi connectivity index (χ0n) is 12.7. The van der Waals surface area contributed by atoms with E-state index in [-0.39, 0.29) is 11.3 Å². The van der Waals surface area contributed by atoms with Gasteiger partial charge >= 0.3 is 0 Å². The van der Waals surface area contributed by atoms with Crippen molar-refractivity contribution in [1.29, 1.82) is 0 Å². The van der Waals surface area contributed by atoms with Crippen LogP contribution in [-0.2, 0) is 11.3 Å². The molecule has 5 heteroatoms. The Morgan fingerprint density at radius 1 is 1.33 bits per heavy atom. The first kappa shape index (κ1) is 15.8. The van der Waals surface area contributed by atoms with Crippen LogP contribution < -0.4 is 15.8 Å². The van der Waals surface area contributed by atoms with Gasteiger partial charge in [-0.05, 0) is 18.4 Å². The van der Waals surface area contributed by atoms with Crippen molar-refractivity contribution in [3.63, 3.8) is 0 Å². The predicted octanol–water partition coefficient (Wildman–Crippen LogP) is 2.01. The van der Waals surface area contributed by atoms with Crippen LogP contribution in [0.3, 0.4) is 0 Å². The molecule has 3 N–H and O–H groups in total. The molecule has 0 aromatic carbocycles. The Bertz CT molecular complexity index is 451. The summed E-state index contributed by atoms with van der Waals surface area (Å²) >= 11 is 0. The number of pyridine rings is 1. The molecule has 1 saturated carbocycles. The Balaban J connectivity index is 1.95. The van der Waals surface area contributed by atoms with Gasteiger partial charge in [0.25, 0.3) is 0 Å². The molecular weight excluding hydrogens is 266 g/mol. The summed E-state index contributed by atoms with van der Waals surface area (Å²) in [5.74, 6) is 0.662. The van der Waals surface area contributed by atoms with Gasteiger partial charge in [0.15, 0.2) is 0 Å². The molecule has 0 aliphatic heterocycles. The highest BCUT2D eigenvalue weighted by Gasteiger charge is 2.36. The molecule has 0 radical (unpaired) electrons. The van der Waals surface area contributed by atoms with Crippen LogP contribution in [0.2, 0.25) is 0 Å². The number of hydrogen-bond donors (Lipinski definition) is 2. The molecule has 21 heavy (non-hydrogen) atoms. The summed E-state index contributed by atoms with van der Waals surface area (Å²) in [4.78, 5) is 16.7. The molecule has 0 spiro atoms. The maximum atomic E-state index is 12.6. The molecule has 1 aromatic rings. The first-order valence-corrected chi connectivity index (χ1v) is 7.67.